The highest BCUT2D eigenvalue weighted by Gasteiger charge is 2.33. The minimum absolute atomic E-state index is 0.0429. The lowest BCUT2D eigenvalue weighted by Crippen LogP contribution is -2.56. The second-order valence-electron chi connectivity index (χ2n) is 6.41. The Hall–Kier alpha value is -2.74. The minimum atomic E-state index is -0.601. The topological polar surface area (TPSA) is 67.2 Å². The van der Waals surface area contributed by atoms with Gasteiger partial charge in [-0.05, 0) is 36.5 Å². The first-order chi connectivity index (χ1) is 13.2. The van der Waals surface area contributed by atoms with Crippen molar-refractivity contribution in [3.63, 3.8) is 0 Å². The number of ether oxygens (including phenoxy) is 2. The highest BCUT2D eigenvalue weighted by Crippen LogP contribution is 2.31. The van der Waals surface area contributed by atoms with Gasteiger partial charge in [-0.25, -0.2) is 0 Å². The number of para-hydroxylation sites is 2. The molecule has 1 unspecified atom stereocenters. The van der Waals surface area contributed by atoms with Crippen molar-refractivity contribution in [3.05, 3.63) is 48.4 Å². The average molecular weight is 387 g/mol. The number of furan rings is 1. The van der Waals surface area contributed by atoms with Gasteiger partial charge in [0.1, 0.15) is 12.4 Å². The van der Waals surface area contributed by atoms with Gasteiger partial charge < -0.3 is 29.0 Å². The molecule has 0 aliphatic carbocycles. The van der Waals surface area contributed by atoms with Gasteiger partial charge in [-0.2, -0.15) is 0 Å². The monoisotopic (exact) mass is 387 g/mol. The molecule has 0 bridgehead atoms. The average Bonchev–Trinajstić information content (AvgIpc) is 3.25. The largest absolute Gasteiger partial charge is 0.485 e. The number of carbonyl (C=O) groups is 1. The quantitative estimate of drug-likeness (QED) is 0.803. The van der Waals surface area contributed by atoms with Gasteiger partial charge in [0.15, 0.2) is 16.6 Å². The summed E-state index contributed by atoms with van der Waals surface area (Å²) in [7, 11) is 0. The molecule has 2 aliphatic heterocycles. The molecule has 1 saturated heterocycles. The summed E-state index contributed by atoms with van der Waals surface area (Å²) in [5.41, 5.74) is 0. The van der Waals surface area contributed by atoms with Crippen LogP contribution >= 0.6 is 12.2 Å². The Labute approximate surface area is 162 Å². The maximum atomic E-state index is 12.8. The van der Waals surface area contributed by atoms with Gasteiger partial charge in [0.25, 0.3) is 5.91 Å². The van der Waals surface area contributed by atoms with Crippen LogP contribution in [0.2, 0.25) is 0 Å². The Morgan fingerprint density at radius 2 is 1.81 bits per heavy atom. The van der Waals surface area contributed by atoms with Crippen LogP contribution in [-0.4, -0.2) is 59.7 Å². The van der Waals surface area contributed by atoms with Crippen molar-refractivity contribution in [2.45, 2.75) is 12.6 Å². The van der Waals surface area contributed by atoms with Crippen molar-refractivity contribution < 1.29 is 18.7 Å². The van der Waals surface area contributed by atoms with Crippen LogP contribution in [0.4, 0.5) is 0 Å². The summed E-state index contributed by atoms with van der Waals surface area (Å²) >= 11 is 5.45. The molecule has 8 heteroatoms. The molecule has 2 aliphatic rings. The number of hydrogen-bond donors (Lipinski definition) is 1. The standard InChI is InChI=1S/C19H21N3O4S/c23-18(17-13-25-15-5-1-2-6-16(15)26-17)21-7-9-22(10-8-21)19(27)20-12-14-4-3-11-24-14/h1-6,11,17H,7-10,12-13H2,(H,20,27). The summed E-state index contributed by atoms with van der Waals surface area (Å²) < 4.78 is 16.8. The Bertz CT molecular complexity index is 803. The van der Waals surface area contributed by atoms with Crippen molar-refractivity contribution in [1.82, 2.24) is 15.1 Å². The molecule has 0 spiro atoms. The minimum Gasteiger partial charge on any atom is -0.485 e. The normalized spacial score (nSPS) is 18.9. The van der Waals surface area contributed by atoms with Crippen LogP contribution in [0.5, 0.6) is 11.5 Å². The number of carbonyl (C=O) groups excluding carboxylic acids is 1. The van der Waals surface area contributed by atoms with Crippen LogP contribution in [0.15, 0.2) is 47.1 Å². The van der Waals surface area contributed by atoms with Crippen LogP contribution in [-0.2, 0) is 11.3 Å². The summed E-state index contributed by atoms with van der Waals surface area (Å²) in [6, 6.07) is 11.1. The zero-order chi connectivity index (χ0) is 18.6. The SMILES string of the molecule is O=C(C1COc2ccccc2O1)N1CCN(C(=S)NCc2ccco2)CC1. The van der Waals surface area contributed by atoms with Crippen molar-refractivity contribution in [3.8, 4) is 11.5 Å². The number of nitrogens with zero attached hydrogens (tertiary/aromatic N) is 2. The van der Waals surface area contributed by atoms with Crippen LogP contribution in [0.1, 0.15) is 5.76 Å². The molecule has 142 valence electrons. The summed E-state index contributed by atoms with van der Waals surface area (Å²) in [5.74, 6) is 2.09. The fraction of sp³-hybridized carbons (Fsp3) is 0.368. The summed E-state index contributed by atoms with van der Waals surface area (Å²) in [4.78, 5) is 16.6. The number of thiocarbonyl (C=S) groups is 1. The van der Waals surface area contributed by atoms with E-state index in [2.05, 4.69) is 10.2 Å². The fourth-order valence-electron chi connectivity index (χ4n) is 3.16. The van der Waals surface area contributed by atoms with E-state index < -0.39 is 6.10 Å². The Balaban J connectivity index is 1.26. The zero-order valence-electron chi connectivity index (χ0n) is 14.8. The number of benzene rings is 1. The van der Waals surface area contributed by atoms with E-state index in [0.29, 0.717) is 49.3 Å². The summed E-state index contributed by atoms with van der Waals surface area (Å²) in [6.07, 6.45) is 1.04. The van der Waals surface area contributed by atoms with Gasteiger partial charge in [-0.15, -0.1) is 0 Å². The van der Waals surface area contributed by atoms with E-state index in [0.717, 1.165) is 5.76 Å². The van der Waals surface area contributed by atoms with E-state index in [1.54, 1.807) is 6.26 Å². The molecule has 0 radical (unpaired) electrons. The lowest BCUT2D eigenvalue weighted by molar-refractivity contribution is -0.142. The van der Waals surface area contributed by atoms with E-state index in [9.17, 15) is 4.79 Å². The number of nitrogens with one attached hydrogen (secondary N) is 1. The van der Waals surface area contributed by atoms with Gasteiger partial charge in [-0.3, -0.25) is 4.79 Å². The van der Waals surface area contributed by atoms with Gasteiger partial charge in [0.2, 0.25) is 6.10 Å². The fourth-order valence-corrected chi connectivity index (χ4v) is 3.42. The van der Waals surface area contributed by atoms with E-state index in [-0.39, 0.29) is 12.5 Å². The summed E-state index contributed by atoms with van der Waals surface area (Å²) in [6.45, 7) is 3.35. The van der Waals surface area contributed by atoms with Crippen molar-refractivity contribution in [1.29, 1.82) is 0 Å². The van der Waals surface area contributed by atoms with Crippen LogP contribution in [0.25, 0.3) is 0 Å². The van der Waals surface area contributed by atoms with Crippen molar-refractivity contribution in [2.75, 3.05) is 32.8 Å². The van der Waals surface area contributed by atoms with E-state index >= 15 is 0 Å². The highest BCUT2D eigenvalue weighted by atomic mass is 32.1. The van der Waals surface area contributed by atoms with Crippen LogP contribution in [0, 0.1) is 0 Å². The van der Waals surface area contributed by atoms with E-state index in [1.807, 2.05) is 41.3 Å². The first-order valence-electron chi connectivity index (χ1n) is 8.93. The molecule has 7 nitrogen and oxygen atoms in total. The first kappa shape index (κ1) is 17.7. The Morgan fingerprint density at radius 3 is 2.56 bits per heavy atom. The van der Waals surface area contributed by atoms with Crippen LogP contribution < -0.4 is 14.8 Å². The predicted octanol–water partition coefficient (Wildman–Crippen LogP) is 1.64. The van der Waals surface area contributed by atoms with Gasteiger partial charge in [0.05, 0.1) is 12.8 Å². The number of rotatable bonds is 3. The molecule has 1 N–H and O–H groups in total. The number of fused-ring (bicyclic) bond motifs is 1. The number of hydrogen-bond acceptors (Lipinski definition) is 5. The van der Waals surface area contributed by atoms with Crippen LogP contribution in [0.3, 0.4) is 0 Å². The smallest absolute Gasteiger partial charge is 0.267 e. The summed E-state index contributed by atoms with van der Waals surface area (Å²) in [5, 5.41) is 3.86. The lowest BCUT2D eigenvalue weighted by atomic mass is 10.2. The van der Waals surface area contributed by atoms with Crippen molar-refractivity contribution >= 4 is 23.2 Å². The molecule has 3 heterocycles. The second kappa shape index (κ2) is 7.87. The molecule has 2 aromatic rings. The van der Waals surface area contributed by atoms with Crippen molar-refractivity contribution in [2.24, 2.45) is 0 Å². The van der Waals surface area contributed by atoms with Gasteiger partial charge in [-0.1, -0.05) is 12.1 Å². The maximum absolute atomic E-state index is 12.8. The Kier molecular flexibility index (Phi) is 5.15. The maximum Gasteiger partial charge on any atom is 0.267 e. The molecular formula is C19H21N3O4S. The van der Waals surface area contributed by atoms with E-state index in [4.69, 9.17) is 26.1 Å². The molecular weight excluding hydrogens is 366 g/mol. The van der Waals surface area contributed by atoms with Gasteiger partial charge >= 0.3 is 0 Å². The second-order valence-corrected chi connectivity index (χ2v) is 6.80. The molecule has 27 heavy (non-hydrogen) atoms. The van der Waals surface area contributed by atoms with E-state index in [1.165, 1.54) is 0 Å². The molecule has 0 saturated carbocycles. The first-order valence-corrected chi connectivity index (χ1v) is 9.34. The third kappa shape index (κ3) is 4.00. The highest BCUT2D eigenvalue weighted by molar-refractivity contribution is 7.80. The molecule has 1 fully saturated rings. The number of amides is 1. The molecule has 1 amide bonds. The van der Waals surface area contributed by atoms with Gasteiger partial charge in [0, 0.05) is 26.2 Å². The third-order valence-corrected chi connectivity index (χ3v) is 5.06. The lowest BCUT2D eigenvalue weighted by Gasteiger charge is -2.38. The molecule has 1 aromatic carbocycles. The molecule has 4 rings (SSSR count). The third-order valence-electron chi connectivity index (χ3n) is 4.66. The zero-order valence-corrected chi connectivity index (χ0v) is 15.6. The Morgan fingerprint density at radius 1 is 1.07 bits per heavy atom. The molecule has 1 aromatic heterocycles. The predicted molar refractivity (Wildman–Crippen MR) is 103 cm³/mol. The number of piperazine rings is 1. The molecule has 1 atom stereocenters.